The number of rotatable bonds is 6. The van der Waals surface area contributed by atoms with E-state index in [-0.39, 0.29) is 17.4 Å². The van der Waals surface area contributed by atoms with E-state index in [0.717, 1.165) is 22.9 Å². The van der Waals surface area contributed by atoms with Crippen molar-refractivity contribution >= 4 is 45.1 Å². The molecule has 0 bridgehead atoms. The minimum atomic E-state index is -0.625. The molecule has 140 valence electrons. The molecule has 0 aromatic heterocycles. The molecule has 0 unspecified atom stereocenters. The number of amides is 2. The van der Waals surface area contributed by atoms with Crippen LogP contribution < -0.4 is 10.6 Å². The van der Waals surface area contributed by atoms with Crippen molar-refractivity contribution in [3.05, 3.63) is 58.1 Å². The first kappa shape index (κ1) is 19.1. The van der Waals surface area contributed by atoms with E-state index < -0.39 is 18.5 Å². The van der Waals surface area contributed by atoms with Crippen molar-refractivity contribution < 1.29 is 19.1 Å². The van der Waals surface area contributed by atoms with Gasteiger partial charge in [0.05, 0.1) is 5.56 Å². The number of carbonyl (C=O) groups excluding carboxylic acids is 3. The maximum Gasteiger partial charge on any atom is 0.338 e. The van der Waals surface area contributed by atoms with Crippen molar-refractivity contribution in [3.8, 4) is 0 Å². The molecule has 0 heterocycles. The average Bonchev–Trinajstić information content (AvgIpc) is 3.47. The second-order valence-electron chi connectivity index (χ2n) is 6.43. The summed E-state index contributed by atoms with van der Waals surface area (Å²) in [4.78, 5) is 36.0. The molecule has 0 spiro atoms. The summed E-state index contributed by atoms with van der Waals surface area (Å²) >= 11 is 3.36. The Morgan fingerprint density at radius 3 is 2.59 bits per heavy atom. The minimum Gasteiger partial charge on any atom is -0.452 e. The molecule has 0 aliphatic heterocycles. The van der Waals surface area contributed by atoms with Crippen LogP contribution in [0.4, 0.5) is 11.4 Å². The van der Waals surface area contributed by atoms with Crippen LogP contribution in [0.25, 0.3) is 0 Å². The average molecular weight is 431 g/mol. The van der Waals surface area contributed by atoms with Gasteiger partial charge in [-0.2, -0.15) is 0 Å². The summed E-state index contributed by atoms with van der Waals surface area (Å²) in [5.41, 5.74) is 2.36. The number of halogens is 1. The van der Waals surface area contributed by atoms with Gasteiger partial charge in [0.25, 0.3) is 5.91 Å². The summed E-state index contributed by atoms with van der Waals surface area (Å²) in [5.74, 6) is -1.01. The van der Waals surface area contributed by atoms with Crippen molar-refractivity contribution in [3.63, 3.8) is 0 Å². The highest BCUT2D eigenvalue weighted by Gasteiger charge is 2.29. The number of aryl methyl sites for hydroxylation is 1. The Balaban J connectivity index is 1.53. The van der Waals surface area contributed by atoms with Crippen LogP contribution in [0.3, 0.4) is 0 Å². The third-order valence-electron chi connectivity index (χ3n) is 4.11. The molecule has 2 N–H and O–H groups in total. The molecule has 0 atom stereocenters. The van der Waals surface area contributed by atoms with Gasteiger partial charge in [0.15, 0.2) is 6.61 Å². The number of nitrogens with one attached hydrogen (secondary N) is 2. The van der Waals surface area contributed by atoms with Gasteiger partial charge >= 0.3 is 5.97 Å². The predicted molar refractivity (Wildman–Crippen MR) is 106 cm³/mol. The van der Waals surface area contributed by atoms with Crippen LogP contribution in [-0.4, -0.2) is 24.4 Å². The van der Waals surface area contributed by atoms with Crippen LogP contribution in [0.15, 0.2) is 46.9 Å². The summed E-state index contributed by atoms with van der Waals surface area (Å²) in [7, 11) is 0. The quantitative estimate of drug-likeness (QED) is 0.680. The van der Waals surface area contributed by atoms with E-state index in [2.05, 4.69) is 26.6 Å². The lowest BCUT2D eigenvalue weighted by Crippen LogP contribution is -2.21. The van der Waals surface area contributed by atoms with Crippen LogP contribution >= 0.6 is 15.9 Å². The number of anilines is 2. The number of hydrogen-bond donors (Lipinski definition) is 2. The Morgan fingerprint density at radius 1 is 1.11 bits per heavy atom. The molecule has 2 aromatic rings. The molecule has 1 fully saturated rings. The van der Waals surface area contributed by atoms with E-state index in [4.69, 9.17) is 4.74 Å². The third-order valence-corrected chi connectivity index (χ3v) is 4.60. The predicted octanol–water partition coefficient (Wildman–Crippen LogP) is 3.90. The molecule has 0 saturated heterocycles. The summed E-state index contributed by atoms with van der Waals surface area (Å²) in [6, 6.07) is 11.9. The minimum absolute atomic E-state index is 0.0373. The molecular formula is C20H19BrN2O4. The first-order chi connectivity index (χ1) is 12.9. The Morgan fingerprint density at radius 2 is 1.89 bits per heavy atom. The van der Waals surface area contributed by atoms with Gasteiger partial charge in [0.1, 0.15) is 0 Å². The SMILES string of the molecule is Cc1cc(Br)ccc1NC(=O)COC(=O)c1cccc(NC(=O)C2CC2)c1. The Kier molecular flexibility index (Phi) is 5.91. The van der Waals surface area contributed by atoms with Gasteiger partial charge < -0.3 is 15.4 Å². The maximum absolute atomic E-state index is 12.2. The van der Waals surface area contributed by atoms with Crippen molar-refractivity contribution in [1.29, 1.82) is 0 Å². The molecular weight excluding hydrogens is 412 g/mol. The number of carbonyl (C=O) groups is 3. The first-order valence-corrected chi connectivity index (χ1v) is 9.36. The number of benzene rings is 2. The summed E-state index contributed by atoms with van der Waals surface area (Å²) in [5, 5.41) is 5.48. The second kappa shape index (κ2) is 8.35. The van der Waals surface area contributed by atoms with Crippen LogP contribution in [0.1, 0.15) is 28.8 Å². The van der Waals surface area contributed by atoms with Gasteiger partial charge in [-0.3, -0.25) is 9.59 Å². The van der Waals surface area contributed by atoms with Gasteiger partial charge in [-0.25, -0.2) is 4.79 Å². The van der Waals surface area contributed by atoms with E-state index in [1.807, 2.05) is 19.1 Å². The van der Waals surface area contributed by atoms with Gasteiger partial charge in [0.2, 0.25) is 5.91 Å². The van der Waals surface area contributed by atoms with E-state index in [0.29, 0.717) is 11.4 Å². The van der Waals surface area contributed by atoms with Gasteiger partial charge in [-0.15, -0.1) is 0 Å². The molecule has 27 heavy (non-hydrogen) atoms. The van der Waals surface area contributed by atoms with Crippen molar-refractivity contribution in [2.45, 2.75) is 19.8 Å². The summed E-state index contributed by atoms with van der Waals surface area (Å²) < 4.78 is 5.99. The Hall–Kier alpha value is -2.67. The number of ether oxygens (including phenoxy) is 1. The zero-order chi connectivity index (χ0) is 19.4. The van der Waals surface area contributed by atoms with Crippen LogP contribution in [-0.2, 0) is 14.3 Å². The molecule has 2 aromatic carbocycles. The van der Waals surface area contributed by atoms with E-state index in [9.17, 15) is 14.4 Å². The Bertz CT molecular complexity index is 893. The molecule has 2 amide bonds. The van der Waals surface area contributed by atoms with Crippen LogP contribution in [0.5, 0.6) is 0 Å². The fourth-order valence-corrected chi connectivity index (χ4v) is 2.96. The van der Waals surface area contributed by atoms with E-state index in [1.165, 1.54) is 0 Å². The summed E-state index contributed by atoms with van der Waals surface area (Å²) in [6.07, 6.45) is 1.81. The smallest absolute Gasteiger partial charge is 0.338 e. The Labute approximate surface area is 165 Å². The molecule has 0 radical (unpaired) electrons. The highest BCUT2D eigenvalue weighted by molar-refractivity contribution is 9.10. The molecule has 3 rings (SSSR count). The maximum atomic E-state index is 12.2. The first-order valence-electron chi connectivity index (χ1n) is 8.56. The molecule has 1 aliphatic carbocycles. The van der Waals surface area contributed by atoms with Gasteiger partial charge in [-0.05, 0) is 61.7 Å². The van der Waals surface area contributed by atoms with Gasteiger partial charge in [0, 0.05) is 21.8 Å². The zero-order valence-electron chi connectivity index (χ0n) is 14.8. The normalized spacial score (nSPS) is 13.0. The number of hydrogen-bond acceptors (Lipinski definition) is 4. The van der Waals surface area contributed by atoms with Crippen LogP contribution in [0, 0.1) is 12.8 Å². The van der Waals surface area contributed by atoms with Crippen molar-refractivity contribution in [2.24, 2.45) is 5.92 Å². The van der Waals surface area contributed by atoms with Crippen molar-refractivity contribution in [2.75, 3.05) is 17.2 Å². The third kappa shape index (κ3) is 5.40. The second-order valence-corrected chi connectivity index (χ2v) is 7.34. The molecule has 6 nitrogen and oxygen atoms in total. The topological polar surface area (TPSA) is 84.5 Å². The molecule has 1 saturated carbocycles. The largest absolute Gasteiger partial charge is 0.452 e. The number of esters is 1. The van der Waals surface area contributed by atoms with E-state index >= 15 is 0 Å². The van der Waals surface area contributed by atoms with Crippen LogP contribution in [0.2, 0.25) is 0 Å². The van der Waals surface area contributed by atoms with Gasteiger partial charge in [-0.1, -0.05) is 22.0 Å². The zero-order valence-corrected chi connectivity index (χ0v) is 16.3. The monoisotopic (exact) mass is 430 g/mol. The van der Waals surface area contributed by atoms with E-state index in [1.54, 1.807) is 30.3 Å². The lowest BCUT2D eigenvalue weighted by atomic mass is 10.2. The lowest BCUT2D eigenvalue weighted by molar-refractivity contribution is -0.119. The highest BCUT2D eigenvalue weighted by Crippen LogP contribution is 2.30. The highest BCUT2D eigenvalue weighted by atomic mass is 79.9. The fraction of sp³-hybridized carbons (Fsp3) is 0.250. The molecule has 1 aliphatic rings. The standard InChI is InChI=1S/C20H19BrN2O4/c1-12-9-15(21)7-8-17(12)23-18(24)11-27-20(26)14-3-2-4-16(10-14)22-19(25)13-5-6-13/h2-4,7-10,13H,5-6,11H2,1H3,(H,22,25)(H,23,24). The summed E-state index contributed by atoms with van der Waals surface area (Å²) in [6.45, 7) is 1.47. The van der Waals surface area contributed by atoms with Crippen molar-refractivity contribution in [1.82, 2.24) is 0 Å². The lowest BCUT2D eigenvalue weighted by Gasteiger charge is -2.10. The fourth-order valence-electron chi connectivity index (χ4n) is 2.48. The molecule has 7 heteroatoms.